The Morgan fingerprint density at radius 1 is 1.19 bits per heavy atom. The number of ether oxygens (including phenoxy) is 2. The van der Waals surface area contributed by atoms with E-state index in [9.17, 15) is 8.78 Å². The Morgan fingerprint density at radius 3 is 2.44 bits per heavy atom. The summed E-state index contributed by atoms with van der Waals surface area (Å²) < 4.78 is 35.4. The van der Waals surface area contributed by atoms with E-state index >= 15 is 0 Å². The fourth-order valence-corrected chi connectivity index (χ4v) is 2.58. The highest BCUT2D eigenvalue weighted by atomic mass is 127. The molecule has 5 nitrogen and oxygen atoms in total. The molecule has 148 valence electrons. The van der Waals surface area contributed by atoms with E-state index in [0.29, 0.717) is 12.2 Å². The number of nitrogens with one attached hydrogen (secondary N) is 1. The molecule has 0 aliphatic carbocycles. The molecule has 2 aromatic carbocycles. The summed E-state index contributed by atoms with van der Waals surface area (Å²) >= 11 is 0. The van der Waals surface area contributed by atoms with Crippen LogP contribution in [-0.2, 0) is 6.54 Å². The molecular weight excluding hydrogens is 467 g/mol. The van der Waals surface area contributed by atoms with Gasteiger partial charge >= 0.3 is 6.61 Å². The minimum atomic E-state index is -2.95. The SMILES string of the molecule is CCOc1cccc(CN=C(N)Nc2cc(C)cc(C)c2)c1OC(F)F.I. The summed E-state index contributed by atoms with van der Waals surface area (Å²) in [6.45, 7) is 3.19. The minimum absolute atomic E-state index is 0. The van der Waals surface area contributed by atoms with Crippen molar-refractivity contribution in [3.8, 4) is 11.5 Å². The number of hydrogen-bond acceptors (Lipinski definition) is 3. The van der Waals surface area contributed by atoms with Gasteiger partial charge in [-0.2, -0.15) is 8.78 Å². The van der Waals surface area contributed by atoms with E-state index in [1.54, 1.807) is 25.1 Å². The standard InChI is InChI=1S/C19H23F2N3O2.HI/c1-4-25-16-7-5-6-14(17(16)26-18(20)21)11-23-19(22)24-15-9-12(2)8-13(3)10-15;/h5-10,18H,4,11H2,1-3H3,(H3,22,23,24);1H. The van der Waals surface area contributed by atoms with Crippen molar-refractivity contribution in [2.24, 2.45) is 10.7 Å². The first-order valence-corrected chi connectivity index (χ1v) is 8.23. The molecule has 3 N–H and O–H groups in total. The monoisotopic (exact) mass is 491 g/mol. The predicted molar refractivity (Wildman–Crippen MR) is 115 cm³/mol. The molecule has 8 heteroatoms. The molecule has 0 aliphatic rings. The number of alkyl halides is 2. The molecule has 0 fully saturated rings. The second-order valence-corrected chi connectivity index (χ2v) is 5.76. The first-order valence-electron chi connectivity index (χ1n) is 8.23. The van der Waals surface area contributed by atoms with Crippen LogP contribution in [0.1, 0.15) is 23.6 Å². The lowest BCUT2D eigenvalue weighted by Gasteiger charge is -2.14. The number of anilines is 1. The van der Waals surface area contributed by atoms with Crippen LogP contribution in [0.3, 0.4) is 0 Å². The van der Waals surface area contributed by atoms with Crippen molar-refractivity contribution in [3.63, 3.8) is 0 Å². The Labute approximate surface area is 175 Å². The van der Waals surface area contributed by atoms with Crippen molar-refractivity contribution in [3.05, 3.63) is 53.1 Å². The van der Waals surface area contributed by atoms with Gasteiger partial charge in [0.25, 0.3) is 0 Å². The molecule has 0 atom stereocenters. The largest absolute Gasteiger partial charge is 0.490 e. The fourth-order valence-electron chi connectivity index (χ4n) is 2.58. The Morgan fingerprint density at radius 2 is 1.85 bits per heavy atom. The third kappa shape index (κ3) is 7.20. The van der Waals surface area contributed by atoms with Crippen LogP contribution < -0.4 is 20.5 Å². The molecule has 0 amide bonds. The average Bonchev–Trinajstić information content (AvgIpc) is 2.54. The van der Waals surface area contributed by atoms with Crippen LogP contribution in [0.25, 0.3) is 0 Å². The summed E-state index contributed by atoms with van der Waals surface area (Å²) in [7, 11) is 0. The molecule has 0 saturated carbocycles. The maximum absolute atomic E-state index is 12.7. The summed E-state index contributed by atoms with van der Waals surface area (Å²) in [6.07, 6.45) is 0. The zero-order chi connectivity index (χ0) is 19.1. The van der Waals surface area contributed by atoms with E-state index in [1.165, 1.54) is 0 Å². The maximum Gasteiger partial charge on any atom is 0.387 e. The Kier molecular flexibility index (Phi) is 9.27. The van der Waals surface area contributed by atoms with Gasteiger partial charge in [-0.15, -0.1) is 24.0 Å². The maximum atomic E-state index is 12.7. The normalized spacial score (nSPS) is 11.1. The summed E-state index contributed by atoms with van der Waals surface area (Å²) in [6, 6.07) is 10.8. The highest BCUT2D eigenvalue weighted by molar-refractivity contribution is 14.0. The zero-order valence-corrected chi connectivity index (χ0v) is 17.8. The van der Waals surface area contributed by atoms with Crippen molar-refractivity contribution < 1.29 is 18.3 Å². The number of guanidine groups is 1. The Balaban J connectivity index is 0.00000364. The van der Waals surface area contributed by atoms with Crippen LogP contribution in [-0.4, -0.2) is 19.2 Å². The summed E-state index contributed by atoms with van der Waals surface area (Å²) in [5, 5.41) is 3.00. The number of aliphatic imine (C=N–C) groups is 1. The average molecular weight is 491 g/mol. The minimum Gasteiger partial charge on any atom is -0.490 e. The molecule has 0 heterocycles. The van der Waals surface area contributed by atoms with Crippen LogP contribution in [0.2, 0.25) is 0 Å². The molecule has 0 aliphatic heterocycles. The lowest BCUT2D eigenvalue weighted by Crippen LogP contribution is -2.22. The van der Waals surface area contributed by atoms with Crippen molar-refractivity contribution in [1.29, 1.82) is 0 Å². The molecule has 0 spiro atoms. The molecule has 2 aromatic rings. The first kappa shape index (κ1) is 22.9. The topological polar surface area (TPSA) is 68.9 Å². The molecule has 0 unspecified atom stereocenters. The predicted octanol–water partition coefficient (Wildman–Crippen LogP) is 4.85. The number of hydrogen-bond donors (Lipinski definition) is 2. The highest BCUT2D eigenvalue weighted by Gasteiger charge is 2.15. The van der Waals surface area contributed by atoms with Crippen LogP contribution in [0.4, 0.5) is 14.5 Å². The van der Waals surface area contributed by atoms with Gasteiger partial charge in [0, 0.05) is 11.3 Å². The number of nitrogens with two attached hydrogens (primary N) is 1. The summed E-state index contributed by atoms with van der Waals surface area (Å²) in [5.41, 5.74) is 9.39. The van der Waals surface area contributed by atoms with Gasteiger partial charge in [-0.25, -0.2) is 4.99 Å². The van der Waals surface area contributed by atoms with Crippen molar-refractivity contribution in [1.82, 2.24) is 0 Å². The quantitative estimate of drug-likeness (QED) is 0.330. The van der Waals surface area contributed by atoms with Crippen LogP contribution in [0, 0.1) is 13.8 Å². The number of halogens is 3. The second-order valence-electron chi connectivity index (χ2n) is 5.76. The van der Waals surface area contributed by atoms with Gasteiger partial charge in [0.2, 0.25) is 0 Å². The van der Waals surface area contributed by atoms with Gasteiger partial charge in [-0.05, 0) is 50.1 Å². The summed E-state index contributed by atoms with van der Waals surface area (Å²) in [5.74, 6) is 0.411. The summed E-state index contributed by atoms with van der Waals surface area (Å²) in [4.78, 5) is 4.22. The van der Waals surface area contributed by atoms with Crippen molar-refractivity contribution in [2.45, 2.75) is 33.9 Å². The number of nitrogens with zero attached hydrogens (tertiary/aromatic N) is 1. The first-order chi connectivity index (χ1) is 12.4. The van der Waals surface area contributed by atoms with Crippen molar-refractivity contribution >= 4 is 35.6 Å². The third-order valence-corrected chi connectivity index (χ3v) is 3.48. The molecule has 0 saturated heterocycles. The Bertz CT molecular complexity index is 765. The van der Waals surface area contributed by atoms with Gasteiger partial charge in [0.05, 0.1) is 13.2 Å². The van der Waals surface area contributed by atoms with Gasteiger partial charge < -0.3 is 20.5 Å². The van der Waals surface area contributed by atoms with Crippen LogP contribution >= 0.6 is 24.0 Å². The molecule has 2 rings (SSSR count). The van der Waals surface area contributed by atoms with E-state index in [1.807, 2.05) is 32.0 Å². The second kappa shape index (κ2) is 10.9. The molecule has 0 bridgehead atoms. The number of benzene rings is 2. The molecule has 0 aromatic heterocycles. The molecule has 27 heavy (non-hydrogen) atoms. The van der Waals surface area contributed by atoms with E-state index in [-0.39, 0.29) is 48.0 Å². The van der Waals surface area contributed by atoms with E-state index < -0.39 is 6.61 Å². The van der Waals surface area contributed by atoms with E-state index in [0.717, 1.165) is 16.8 Å². The number of rotatable bonds is 7. The lowest BCUT2D eigenvalue weighted by molar-refractivity contribution is -0.0520. The van der Waals surface area contributed by atoms with Crippen LogP contribution in [0.5, 0.6) is 11.5 Å². The molecule has 0 radical (unpaired) electrons. The van der Waals surface area contributed by atoms with E-state index in [2.05, 4.69) is 15.0 Å². The van der Waals surface area contributed by atoms with E-state index in [4.69, 9.17) is 10.5 Å². The van der Waals surface area contributed by atoms with Gasteiger partial charge in [0.1, 0.15) is 0 Å². The molecular formula is C19H24F2IN3O2. The smallest absolute Gasteiger partial charge is 0.387 e. The zero-order valence-electron chi connectivity index (χ0n) is 15.5. The van der Waals surface area contributed by atoms with Crippen LogP contribution in [0.15, 0.2) is 41.4 Å². The van der Waals surface area contributed by atoms with Gasteiger partial charge in [-0.3, -0.25) is 0 Å². The van der Waals surface area contributed by atoms with Gasteiger partial charge in [-0.1, -0.05) is 18.2 Å². The highest BCUT2D eigenvalue weighted by Crippen LogP contribution is 2.33. The fraction of sp³-hybridized carbons (Fsp3) is 0.316. The third-order valence-electron chi connectivity index (χ3n) is 3.48. The van der Waals surface area contributed by atoms with Crippen molar-refractivity contribution in [2.75, 3.05) is 11.9 Å². The number of aryl methyl sites for hydroxylation is 2. The van der Waals surface area contributed by atoms with Gasteiger partial charge in [0.15, 0.2) is 17.5 Å². The number of para-hydroxylation sites is 1. The Hall–Kier alpha value is -2.10. The lowest BCUT2D eigenvalue weighted by atomic mass is 10.1.